The van der Waals surface area contributed by atoms with Gasteiger partial charge in [0.25, 0.3) is 0 Å². The van der Waals surface area contributed by atoms with Crippen molar-refractivity contribution in [2.45, 2.75) is 39.3 Å². The van der Waals surface area contributed by atoms with Crippen LogP contribution in [0.3, 0.4) is 0 Å². The Hall–Kier alpha value is -4.39. The molecule has 1 aliphatic carbocycles. The van der Waals surface area contributed by atoms with E-state index in [0.717, 1.165) is 45.8 Å². The molecular formula is C32H33N5O2. The average Bonchev–Trinajstić information content (AvgIpc) is 3.35. The molecule has 0 radical (unpaired) electrons. The van der Waals surface area contributed by atoms with Crippen LogP contribution in [0.15, 0.2) is 90.1 Å². The van der Waals surface area contributed by atoms with Gasteiger partial charge < -0.3 is 15.0 Å². The number of ether oxygens (including phenoxy) is 1. The van der Waals surface area contributed by atoms with Crippen LogP contribution in [0.4, 0.5) is 11.6 Å². The lowest BCUT2D eigenvalue weighted by atomic mass is 9.73. The predicted octanol–water partition coefficient (Wildman–Crippen LogP) is 6.25. The minimum absolute atomic E-state index is 0.115. The van der Waals surface area contributed by atoms with Gasteiger partial charge in [0, 0.05) is 43.0 Å². The van der Waals surface area contributed by atoms with Crippen LogP contribution in [0.1, 0.15) is 43.9 Å². The number of benzene rings is 3. The Kier molecular flexibility index (Phi) is 6.22. The van der Waals surface area contributed by atoms with E-state index in [2.05, 4.69) is 36.2 Å². The summed E-state index contributed by atoms with van der Waals surface area (Å²) in [4.78, 5) is 20.5. The molecule has 4 aromatic rings. The summed E-state index contributed by atoms with van der Waals surface area (Å²) in [5, 5.41) is 8.39. The second-order valence-electron chi connectivity index (χ2n) is 11.3. The molecule has 1 atom stereocenters. The first kappa shape index (κ1) is 24.9. The lowest BCUT2D eigenvalue weighted by Crippen LogP contribution is -2.36. The summed E-state index contributed by atoms with van der Waals surface area (Å²) < 4.78 is 7.88. The molecule has 0 bridgehead atoms. The number of aromatic nitrogens is 3. The van der Waals surface area contributed by atoms with Gasteiger partial charge in [-0.1, -0.05) is 56.3 Å². The molecule has 1 aliphatic heterocycles. The van der Waals surface area contributed by atoms with E-state index >= 15 is 0 Å². The molecule has 1 aromatic heterocycles. The molecule has 0 saturated carbocycles. The number of ketones is 1. The van der Waals surface area contributed by atoms with Crippen LogP contribution >= 0.6 is 0 Å². The number of Topliss-reactive ketones (excluding diaryl/α,β-unsaturated/α-hetero) is 1. The minimum Gasteiger partial charge on any atom is -0.489 e. The Morgan fingerprint density at radius 1 is 0.974 bits per heavy atom. The highest BCUT2D eigenvalue weighted by atomic mass is 16.5. The van der Waals surface area contributed by atoms with E-state index in [4.69, 9.17) is 14.8 Å². The topological polar surface area (TPSA) is 72.3 Å². The summed E-state index contributed by atoms with van der Waals surface area (Å²) in [6.45, 7) is 4.78. The van der Waals surface area contributed by atoms with Crippen molar-refractivity contribution in [2.75, 3.05) is 24.3 Å². The summed E-state index contributed by atoms with van der Waals surface area (Å²) >= 11 is 0. The fourth-order valence-corrected chi connectivity index (χ4v) is 5.44. The molecule has 39 heavy (non-hydrogen) atoms. The Morgan fingerprint density at radius 3 is 2.38 bits per heavy atom. The van der Waals surface area contributed by atoms with Gasteiger partial charge in [-0.05, 0) is 59.4 Å². The van der Waals surface area contributed by atoms with Crippen molar-refractivity contribution in [1.29, 1.82) is 0 Å². The smallest absolute Gasteiger partial charge is 0.226 e. The quantitative estimate of drug-likeness (QED) is 0.325. The van der Waals surface area contributed by atoms with Crippen molar-refractivity contribution < 1.29 is 9.53 Å². The minimum atomic E-state index is -0.356. The van der Waals surface area contributed by atoms with Gasteiger partial charge in [-0.25, -0.2) is 4.68 Å². The lowest BCUT2D eigenvalue weighted by molar-refractivity contribution is -0.118. The number of carbonyl (C=O) groups excluding carboxylic acids is 1. The zero-order valence-corrected chi connectivity index (χ0v) is 22.8. The standard InChI is InChI=1S/C32H33N5O2/c1-32(2)18-26-28(27(38)19-32)29(22-12-16-25(17-13-22)39-20-21-8-6-5-7-9-21)37-31(33-26)34-30(35-37)23-10-14-24(15-11-23)36(3)4/h5-17,29H,18-20H2,1-4H3,(H,33,34,35). The molecule has 1 unspecified atom stereocenters. The molecule has 0 fully saturated rings. The Labute approximate surface area is 229 Å². The van der Waals surface area contributed by atoms with E-state index in [0.29, 0.717) is 24.8 Å². The third-order valence-electron chi connectivity index (χ3n) is 7.42. The summed E-state index contributed by atoms with van der Waals surface area (Å²) in [6.07, 6.45) is 1.29. The molecular weight excluding hydrogens is 486 g/mol. The second-order valence-corrected chi connectivity index (χ2v) is 11.3. The Balaban J connectivity index is 1.36. The van der Waals surface area contributed by atoms with Crippen LogP contribution in [0.5, 0.6) is 5.75 Å². The fourth-order valence-electron chi connectivity index (χ4n) is 5.44. The Bertz CT molecular complexity index is 1530. The van der Waals surface area contributed by atoms with Gasteiger partial charge >= 0.3 is 0 Å². The van der Waals surface area contributed by atoms with Crippen molar-refractivity contribution in [2.24, 2.45) is 5.41 Å². The van der Waals surface area contributed by atoms with Crippen LogP contribution in [0.25, 0.3) is 11.4 Å². The van der Waals surface area contributed by atoms with Crippen molar-refractivity contribution in [3.63, 3.8) is 0 Å². The number of rotatable bonds is 6. The summed E-state index contributed by atoms with van der Waals surface area (Å²) in [6, 6.07) is 25.9. The molecule has 6 rings (SSSR count). The van der Waals surface area contributed by atoms with Gasteiger partial charge in [0.1, 0.15) is 18.4 Å². The number of fused-ring (bicyclic) bond motifs is 1. The first-order valence-electron chi connectivity index (χ1n) is 13.3. The van der Waals surface area contributed by atoms with Gasteiger partial charge in [0.05, 0.1) is 0 Å². The van der Waals surface area contributed by atoms with Gasteiger partial charge in [0.15, 0.2) is 11.6 Å². The molecule has 0 amide bonds. The van der Waals surface area contributed by atoms with Crippen LogP contribution in [-0.2, 0) is 11.4 Å². The molecule has 2 aliphatic rings. The van der Waals surface area contributed by atoms with Crippen LogP contribution in [0.2, 0.25) is 0 Å². The van der Waals surface area contributed by atoms with Gasteiger partial charge in [-0.2, -0.15) is 4.98 Å². The van der Waals surface area contributed by atoms with Crippen molar-refractivity contribution in [3.05, 3.63) is 101 Å². The number of nitrogens with zero attached hydrogens (tertiary/aromatic N) is 4. The largest absolute Gasteiger partial charge is 0.489 e. The zero-order chi connectivity index (χ0) is 27.1. The van der Waals surface area contributed by atoms with Gasteiger partial charge in [-0.15, -0.1) is 5.10 Å². The fraction of sp³-hybridized carbons (Fsp3) is 0.281. The summed E-state index contributed by atoms with van der Waals surface area (Å²) in [5.41, 5.74) is 5.73. The molecule has 0 saturated heterocycles. The number of anilines is 2. The number of hydrogen-bond acceptors (Lipinski definition) is 6. The van der Waals surface area contributed by atoms with Crippen LogP contribution < -0.4 is 15.0 Å². The van der Waals surface area contributed by atoms with E-state index in [1.165, 1.54) is 0 Å². The molecule has 0 spiro atoms. The maximum Gasteiger partial charge on any atom is 0.226 e. The second kappa shape index (κ2) is 9.73. The first-order chi connectivity index (χ1) is 18.8. The number of nitrogens with one attached hydrogen (secondary N) is 1. The van der Waals surface area contributed by atoms with Crippen molar-refractivity contribution in [1.82, 2.24) is 14.8 Å². The van der Waals surface area contributed by atoms with Crippen LogP contribution in [-0.4, -0.2) is 34.6 Å². The van der Waals surface area contributed by atoms with E-state index < -0.39 is 0 Å². The summed E-state index contributed by atoms with van der Waals surface area (Å²) in [5.74, 6) is 2.21. The molecule has 3 aromatic carbocycles. The number of allylic oxidation sites excluding steroid dienone is 2. The highest BCUT2D eigenvalue weighted by Gasteiger charge is 2.41. The Morgan fingerprint density at radius 2 is 1.69 bits per heavy atom. The maximum absolute atomic E-state index is 13.6. The van der Waals surface area contributed by atoms with E-state index in [1.54, 1.807) is 0 Å². The maximum atomic E-state index is 13.6. The monoisotopic (exact) mass is 519 g/mol. The highest BCUT2D eigenvalue weighted by molar-refractivity contribution is 6.00. The van der Waals surface area contributed by atoms with Crippen LogP contribution in [0, 0.1) is 5.41 Å². The summed E-state index contributed by atoms with van der Waals surface area (Å²) in [7, 11) is 4.04. The van der Waals surface area contributed by atoms with Crippen molar-refractivity contribution >= 4 is 17.4 Å². The molecule has 7 heteroatoms. The first-order valence-corrected chi connectivity index (χ1v) is 13.3. The highest BCUT2D eigenvalue weighted by Crippen LogP contribution is 2.46. The third kappa shape index (κ3) is 4.92. The SMILES string of the molecule is CN(C)c1ccc(-c2nc3n(n2)C(c2ccc(OCc4ccccc4)cc2)C2=C(CC(C)(C)CC2=O)N3)cc1. The molecule has 2 heterocycles. The van der Waals surface area contributed by atoms with Gasteiger partial charge in [0.2, 0.25) is 5.95 Å². The lowest BCUT2D eigenvalue weighted by Gasteiger charge is -2.38. The van der Waals surface area contributed by atoms with E-state index in [9.17, 15) is 4.79 Å². The molecule has 1 N–H and O–H groups in total. The van der Waals surface area contributed by atoms with E-state index in [-0.39, 0.29) is 17.2 Å². The average molecular weight is 520 g/mol. The van der Waals surface area contributed by atoms with E-state index in [1.807, 2.05) is 85.5 Å². The predicted molar refractivity (Wildman–Crippen MR) is 154 cm³/mol. The number of carbonyl (C=O) groups is 1. The normalized spacial score (nSPS) is 17.7. The molecule has 7 nitrogen and oxygen atoms in total. The van der Waals surface area contributed by atoms with Crippen molar-refractivity contribution in [3.8, 4) is 17.1 Å². The zero-order valence-electron chi connectivity index (χ0n) is 22.8. The number of hydrogen-bond donors (Lipinski definition) is 1. The third-order valence-corrected chi connectivity index (χ3v) is 7.42. The molecule has 198 valence electrons. The van der Waals surface area contributed by atoms with Gasteiger partial charge in [-0.3, -0.25) is 4.79 Å².